The monoisotopic (exact) mass is 393 g/mol. The van der Waals surface area contributed by atoms with Gasteiger partial charge in [-0.05, 0) is 60.3 Å². The molecule has 1 heterocycles. The minimum atomic E-state index is -0.303. The largest absolute Gasteiger partial charge is 0.355 e. The Morgan fingerprint density at radius 2 is 1.61 bits per heavy atom. The fraction of sp³-hybridized carbons (Fsp3) is 0.0952. The number of carbonyl (C=O) groups is 3. The predicted octanol–water partition coefficient (Wildman–Crippen LogP) is 3.92. The van der Waals surface area contributed by atoms with Crippen LogP contribution in [0.5, 0.6) is 0 Å². The maximum absolute atomic E-state index is 12.6. The van der Waals surface area contributed by atoms with Gasteiger partial charge in [-0.1, -0.05) is 12.1 Å². The molecule has 0 aliphatic rings. The molecule has 6 nitrogen and oxygen atoms in total. The van der Waals surface area contributed by atoms with E-state index in [1.54, 1.807) is 61.6 Å². The molecule has 0 atom stereocenters. The molecular formula is C21H19N3O3S. The lowest BCUT2D eigenvalue weighted by Gasteiger charge is -2.11. The van der Waals surface area contributed by atoms with E-state index in [1.165, 1.54) is 11.3 Å². The van der Waals surface area contributed by atoms with Crippen molar-refractivity contribution >= 4 is 40.4 Å². The van der Waals surface area contributed by atoms with E-state index in [0.29, 0.717) is 27.4 Å². The van der Waals surface area contributed by atoms with Crippen molar-refractivity contribution in [2.24, 2.45) is 0 Å². The number of hydrogen-bond donors (Lipinski definition) is 3. The van der Waals surface area contributed by atoms with E-state index in [4.69, 9.17) is 0 Å². The molecule has 0 aliphatic carbocycles. The maximum atomic E-state index is 12.6. The van der Waals surface area contributed by atoms with Gasteiger partial charge in [-0.3, -0.25) is 14.4 Å². The van der Waals surface area contributed by atoms with Crippen LogP contribution in [-0.2, 0) is 0 Å². The van der Waals surface area contributed by atoms with Gasteiger partial charge in [-0.2, -0.15) is 0 Å². The van der Waals surface area contributed by atoms with E-state index >= 15 is 0 Å². The first-order valence-electron chi connectivity index (χ1n) is 8.57. The van der Waals surface area contributed by atoms with Crippen LogP contribution in [0.2, 0.25) is 0 Å². The summed E-state index contributed by atoms with van der Waals surface area (Å²) in [5, 5.41) is 10.0. The van der Waals surface area contributed by atoms with Crippen molar-refractivity contribution in [1.29, 1.82) is 0 Å². The first-order valence-corrected chi connectivity index (χ1v) is 9.45. The van der Waals surface area contributed by atoms with Crippen LogP contribution in [0.3, 0.4) is 0 Å². The zero-order valence-corrected chi connectivity index (χ0v) is 16.2. The fourth-order valence-electron chi connectivity index (χ4n) is 2.62. The van der Waals surface area contributed by atoms with Gasteiger partial charge in [0.1, 0.15) is 0 Å². The molecular weight excluding hydrogens is 374 g/mol. The van der Waals surface area contributed by atoms with E-state index < -0.39 is 0 Å². The molecule has 0 spiro atoms. The number of amides is 3. The average Bonchev–Trinajstić information content (AvgIpc) is 3.24. The van der Waals surface area contributed by atoms with Gasteiger partial charge in [-0.25, -0.2) is 0 Å². The van der Waals surface area contributed by atoms with Crippen LogP contribution in [-0.4, -0.2) is 24.8 Å². The van der Waals surface area contributed by atoms with Crippen LogP contribution in [0.4, 0.5) is 11.4 Å². The summed E-state index contributed by atoms with van der Waals surface area (Å²) in [7, 11) is 1.57. The predicted molar refractivity (Wildman–Crippen MR) is 111 cm³/mol. The molecule has 3 N–H and O–H groups in total. The molecule has 142 valence electrons. The number of anilines is 2. The SMILES string of the molecule is CNC(=O)c1ccc(NC(=O)c2cccc(NC(=O)c3cccs3)c2)c(C)c1. The van der Waals surface area contributed by atoms with Crippen molar-refractivity contribution in [2.75, 3.05) is 17.7 Å². The minimum absolute atomic E-state index is 0.185. The Morgan fingerprint density at radius 1 is 0.821 bits per heavy atom. The highest BCUT2D eigenvalue weighted by Crippen LogP contribution is 2.19. The molecule has 3 aromatic rings. The molecule has 2 aromatic carbocycles. The van der Waals surface area contributed by atoms with Gasteiger partial charge in [0.25, 0.3) is 17.7 Å². The number of rotatable bonds is 5. The number of aryl methyl sites for hydroxylation is 1. The van der Waals surface area contributed by atoms with Gasteiger partial charge >= 0.3 is 0 Å². The Hall–Kier alpha value is -3.45. The highest BCUT2D eigenvalue weighted by molar-refractivity contribution is 7.12. The topological polar surface area (TPSA) is 87.3 Å². The van der Waals surface area contributed by atoms with E-state index in [2.05, 4.69) is 16.0 Å². The molecule has 28 heavy (non-hydrogen) atoms. The van der Waals surface area contributed by atoms with Gasteiger partial charge in [0.05, 0.1) is 4.88 Å². The first-order chi connectivity index (χ1) is 13.5. The average molecular weight is 393 g/mol. The second-order valence-corrected chi connectivity index (χ2v) is 7.02. The van der Waals surface area contributed by atoms with E-state index in [-0.39, 0.29) is 17.7 Å². The van der Waals surface area contributed by atoms with Crippen LogP contribution in [0, 0.1) is 6.92 Å². The molecule has 0 fully saturated rings. The number of hydrogen-bond acceptors (Lipinski definition) is 4. The van der Waals surface area contributed by atoms with E-state index in [9.17, 15) is 14.4 Å². The van der Waals surface area contributed by atoms with Crippen molar-refractivity contribution in [2.45, 2.75) is 6.92 Å². The summed E-state index contributed by atoms with van der Waals surface area (Å²) < 4.78 is 0. The Balaban J connectivity index is 1.73. The number of thiophene rings is 1. The lowest BCUT2D eigenvalue weighted by molar-refractivity contribution is 0.0961. The van der Waals surface area contributed by atoms with Gasteiger partial charge in [0, 0.05) is 29.5 Å². The third kappa shape index (κ3) is 4.44. The standard InChI is InChI=1S/C21H19N3O3S/c1-13-11-15(19(25)22-2)8-9-17(13)24-20(26)14-5-3-6-16(12-14)23-21(27)18-7-4-10-28-18/h3-12H,1-2H3,(H,22,25)(H,23,27)(H,24,26). The molecule has 3 amide bonds. The Labute approximate surface area is 166 Å². The Bertz CT molecular complexity index is 1030. The minimum Gasteiger partial charge on any atom is -0.355 e. The summed E-state index contributed by atoms with van der Waals surface area (Å²) in [5.41, 5.74) is 2.87. The maximum Gasteiger partial charge on any atom is 0.265 e. The fourth-order valence-corrected chi connectivity index (χ4v) is 3.24. The summed E-state index contributed by atoms with van der Waals surface area (Å²) in [6.45, 7) is 1.82. The van der Waals surface area contributed by atoms with Crippen LogP contribution < -0.4 is 16.0 Å². The summed E-state index contributed by atoms with van der Waals surface area (Å²) >= 11 is 1.35. The second kappa shape index (κ2) is 8.49. The van der Waals surface area contributed by atoms with E-state index in [0.717, 1.165) is 5.56 Å². The van der Waals surface area contributed by atoms with Crippen molar-refractivity contribution in [3.8, 4) is 0 Å². The molecule has 7 heteroatoms. The first kappa shape index (κ1) is 19.3. The van der Waals surface area contributed by atoms with Crippen molar-refractivity contribution in [1.82, 2.24) is 5.32 Å². The van der Waals surface area contributed by atoms with Gasteiger partial charge in [-0.15, -0.1) is 11.3 Å². The lowest BCUT2D eigenvalue weighted by atomic mass is 10.1. The van der Waals surface area contributed by atoms with Crippen molar-refractivity contribution < 1.29 is 14.4 Å². The molecule has 0 bridgehead atoms. The number of benzene rings is 2. The molecule has 0 radical (unpaired) electrons. The summed E-state index contributed by atoms with van der Waals surface area (Å²) in [6, 6.07) is 15.3. The Morgan fingerprint density at radius 3 is 2.29 bits per heavy atom. The zero-order valence-electron chi connectivity index (χ0n) is 15.4. The quantitative estimate of drug-likeness (QED) is 0.614. The number of carbonyl (C=O) groups excluding carboxylic acids is 3. The van der Waals surface area contributed by atoms with Gasteiger partial charge < -0.3 is 16.0 Å². The molecule has 3 rings (SSSR count). The van der Waals surface area contributed by atoms with Crippen LogP contribution in [0.1, 0.15) is 36.0 Å². The third-order valence-corrected chi connectivity index (χ3v) is 4.96. The molecule has 0 saturated carbocycles. The molecule has 0 unspecified atom stereocenters. The summed E-state index contributed by atoms with van der Waals surface area (Å²) in [4.78, 5) is 37.1. The van der Waals surface area contributed by atoms with Crippen LogP contribution in [0.25, 0.3) is 0 Å². The molecule has 1 aromatic heterocycles. The highest BCUT2D eigenvalue weighted by Gasteiger charge is 2.12. The van der Waals surface area contributed by atoms with E-state index in [1.807, 2.05) is 12.3 Å². The van der Waals surface area contributed by atoms with Crippen LogP contribution in [0.15, 0.2) is 60.0 Å². The summed E-state index contributed by atoms with van der Waals surface area (Å²) in [6.07, 6.45) is 0. The lowest BCUT2D eigenvalue weighted by Crippen LogP contribution is -2.18. The zero-order chi connectivity index (χ0) is 20.1. The van der Waals surface area contributed by atoms with Gasteiger partial charge in [0.2, 0.25) is 0 Å². The third-order valence-electron chi connectivity index (χ3n) is 4.09. The van der Waals surface area contributed by atoms with Crippen LogP contribution >= 0.6 is 11.3 Å². The van der Waals surface area contributed by atoms with Crippen molar-refractivity contribution in [3.63, 3.8) is 0 Å². The van der Waals surface area contributed by atoms with Crippen molar-refractivity contribution in [3.05, 3.63) is 81.5 Å². The Kier molecular flexibility index (Phi) is 5.86. The smallest absolute Gasteiger partial charge is 0.265 e. The second-order valence-electron chi connectivity index (χ2n) is 6.08. The van der Waals surface area contributed by atoms with Gasteiger partial charge in [0.15, 0.2) is 0 Å². The normalized spacial score (nSPS) is 10.2. The number of nitrogens with one attached hydrogen (secondary N) is 3. The summed E-state index contributed by atoms with van der Waals surface area (Å²) in [5.74, 6) is -0.702. The molecule has 0 saturated heterocycles. The molecule has 0 aliphatic heterocycles. The highest BCUT2D eigenvalue weighted by atomic mass is 32.1.